The molecule has 19 heavy (non-hydrogen) atoms. The highest BCUT2D eigenvalue weighted by Crippen LogP contribution is 2.26. The fourth-order valence-electron chi connectivity index (χ4n) is 2.01. The van der Waals surface area contributed by atoms with Gasteiger partial charge in [-0.1, -0.05) is 0 Å². The fourth-order valence-corrected chi connectivity index (χ4v) is 2.01. The smallest absolute Gasteiger partial charge is 0.325 e. The molecular formula is C13H18N4O2. The summed E-state index contributed by atoms with van der Waals surface area (Å²) in [5, 5.41) is 17.4. The molecule has 0 aromatic carbocycles. The molecule has 0 spiro atoms. The molecule has 1 N–H and O–H groups in total. The highest BCUT2D eigenvalue weighted by molar-refractivity contribution is 5.69. The average molecular weight is 262 g/mol. The van der Waals surface area contributed by atoms with Crippen LogP contribution < -0.4 is 0 Å². The monoisotopic (exact) mass is 262 g/mol. The van der Waals surface area contributed by atoms with Crippen LogP contribution in [0.1, 0.15) is 31.3 Å². The summed E-state index contributed by atoms with van der Waals surface area (Å²) in [5.41, 5.74) is 3.70. The molecule has 0 saturated heterocycles. The molecule has 2 heterocycles. The first-order valence-corrected chi connectivity index (χ1v) is 6.20. The molecule has 2 aromatic rings. The van der Waals surface area contributed by atoms with E-state index >= 15 is 0 Å². The largest absolute Gasteiger partial charge is 0.480 e. The average Bonchev–Trinajstić information content (AvgIpc) is 2.84. The van der Waals surface area contributed by atoms with E-state index in [-0.39, 0.29) is 6.54 Å². The summed E-state index contributed by atoms with van der Waals surface area (Å²) < 4.78 is 3.39. The van der Waals surface area contributed by atoms with Gasteiger partial charge in [0.25, 0.3) is 0 Å². The standard InChI is InChI=1S/C13H18N4O2/c1-8(2)16-6-12(9(3)15-16)11-5-14-17(10(11)4)7-13(18)19/h5-6,8H,7H2,1-4H3,(H,18,19). The Hall–Kier alpha value is -2.11. The lowest BCUT2D eigenvalue weighted by atomic mass is 10.1. The summed E-state index contributed by atoms with van der Waals surface area (Å²) in [6.07, 6.45) is 3.68. The molecule has 0 aliphatic rings. The van der Waals surface area contributed by atoms with Gasteiger partial charge in [0.15, 0.2) is 0 Å². The molecule has 2 aromatic heterocycles. The second-order valence-electron chi connectivity index (χ2n) is 4.90. The van der Waals surface area contributed by atoms with Crippen LogP contribution in [0.15, 0.2) is 12.4 Å². The third-order valence-electron chi connectivity index (χ3n) is 3.12. The summed E-state index contributed by atoms with van der Waals surface area (Å²) in [4.78, 5) is 10.7. The maximum atomic E-state index is 10.7. The zero-order chi connectivity index (χ0) is 14.2. The van der Waals surface area contributed by atoms with E-state index in [4.69, 9.17) is 5.11 Å². The zero-order valence-corrected chi connectivity index (χ0v) is 11.6. The molecule has 6 nitrogen and oxygen atoms in total. The SMILES string of the molecule is Cc1nn(C(C)C)cc1-c1cnn(CC(=O)O)c1C. The van der Waals surface area contributed by atoms with E-state index in [1.807, 2.05) is 24.7 Å². The van der Waals surface area contributed by atoms with Crippen LogP contribution in [0.25, 0.3) is 11.1 Å². The Morgan fingerprint density at radius 3 is 2.58 bits per heavy atom. The van der Waals surface area contributed by atoms with Crippen LogP contribution in [-0.2, 0) is 11.3 Å². The van der Waals surface area contributed by atoms with Gasteiger partial charge in [0.1, 0.15) is 6.54 Å². The van der Waals surface area contributed by atoms with Crippen molar-refractivity contribution in [3.05, 3.63) is 23.8 Å². The lowest BCUT2D eigenvalue weighted by Crippen LogP contribution is -2.11. The number of aryl methyl sites for hydroxylation is 1. The van der Waals surface area contributed by atoms with Crippen LogP contribution in [0.4, 0.5) is 0 Å². The number of rotatable bonds is 4. The Morgan fingerprint density at radius 2 is 2.05 bits per heavy atom. The predicted molar refractivity (Wildman–Crippen MR) is 70.9 cm³/mol. The van der Waals surface area contributed by atoms with E-state index < -0.39 is 5.97 Å². The van der Waals surface area contributed by atoms with Crippen molar-refractivity contribution in [2.24, 2.45) is 0 Å². The fraction of sp³-hybridized carbons (Fsp3) is 0.462. The Kier molecular flexibility index (Phi) is 3.42. The molecule has 0 bridgehead atoms. The third-order valence-corrected chi connectivity index (χ3v) is 3.12. The maximum absolute atomic E-state index is 10.7. The van der Waals surface area contributed by atoms with Gasteiger partial charge in [-0.3, -0.25) is 14.2 Å². The molecule has 2 rings (SSSR count). The normalized spacial score (nSPS) is 11.2. The lowest BCUT2D eigenvalue weighted by Gasteiger charge is -2.03. The van der Waals surface area contributed by atoms with Gasteiger partial charge in [-0.15, -0.1) is 0 Å². The van der Waals surface area contributed by atoms with Crippen LogP contribution >= 0.6 is 0 Å². The van der Waals surface area contributed by atoms with Crippen molar-refractivity contribution >= 4 is 5.97 Å². The van der Waals surface area contributed by atoms with Crippen molar-refractivity contribution in [3.63, 3.8) is 0 Å². The molecular weight excluding hydrogens is 244 g/mol. The van der Waals surface area contributed by atoms with Crippen molar-refractivity contribution in [1.82, 2.24) is 19.6 Å². The Bertz CT molecular complexity index is 610. The van der Waals surface area contributed by atoms with E-state index in [9.17, 15) is 4.79 Å². The molecule has 0 atom stereocenters. The highest BCUT2D eigenvalue weighted by atomic mass is 16.4. The van der Waals surface area contributed by atoms with Gasteiger partial charge in [0, 0.05) is 29.1 Å². The molecule has 0 radical (unpaired) electrons. The van der Waals surface area contributed by atoms with Crippen molar-refractivity contribution in [2.45, 2.75) is 40.3 Å². The van der Waals surface area contributed by atoms with Crippen molar-refractivity contribution in [2.75, 3.05) is 0 Å². The van der Waals surface area contributed by atoms with Crippen molar-refractivity contribution < 1.29 is 9.90 Å². The van der Waals surface area contributed by atoms with E-state index in [2.05, 4.69) is 24.0 Å². The summed E-state index contributed by atoms with van der Waals surface area (Å²) in [5.74, 6) is -0.896. The molecule has 0 unspecified atom stereocenters. The highest BCUT2D eigenvalue weighted by Gasteiger charge is 2.15. The number of aliphatic carboxylic acids is 1. The number of hydrogen-bond donors (Lipinski definition) is 1. The first-order chi connectivity index (χ1) is 8.90. The van der Waals surface area contributed by atoms with Crippen molar-refractivity contribution in [1.29, 1.82) is 0 Å². The number of carboxylic acids is 1. The van der Waals surface area contributed by atoms with Crippen molar-refractivity contribution in [3.8, 4) is 11.1 Å². The van der Waals surface area contributed by atoms with E-state index in [0.29, 0.717) is 6.04 Å². The van der Waals surface area contributed by atoms with Gasteiger partial charge in [-0.25, -0.2) is 0 Å². The molecule has 102 valence electrons. The van der Waals surface area contributed by atoms with Crippen LogP contribution in [0, 0.1) is 13.8 Å². The summed E-state index contributed by atoms with van der Waals surface area (Å²) >= 11 is 0. The third kappa shape index (κ3) is 2.52. The number of hydrogen-bond acceptors (Lipinski definition) is 3. The minimum atomic E-state index is -0.896. The summed E-state index contributed by atoms with van der Waals surface area (Å²) in [6, 6.07) is 0.293. The predicted octanol–water partition coefficient (Wildman–Crippen LogP) is 2.03. The molecule has 6 heteroatoms. The van der Waals surface area contributed by atoms with Crippen LogP contribution in [0.2, 0.25) is 0 Å². The van der Waals surface area contributed by atoms with Gasteiger partial charge in [-0.05, 0) is 27.7 Å². The van der Waals surface area contributed by atoms with Gasteiger partial charge in [0.05, 0.1) is 11.9 Å². The Morgan fingerprint density at radius 1 is 1.37 bits per heavy atom. The van der Waals surface area contributed by atoms with Crippen LogP contribution in [0.5, 0.6) is 0 Å². The second-order valence-corrected chi connectivity index (χ2v) is 4.90. The van der Waals surface area contributed by atoms with Gasteiger partial charge >= 0.3 is 5.97 Å². The quantitative estimate of drug-likeness (QED) is 0.915. The Labute approximate surface area is 111 Å². The van der Waals surface area contributed by atoms with Gasteiger partial charge < -0.3 is 5.11 Å². The van der Waals surface area contributed by atoms with Crippen LogP contribution in [0.3, 0.4) is 0 Å². The summed E-state index contributed by atoms with van der Waals surface area (Å²) in [6.45, 7) is 7.83. The minimum absolute atomic E-state index is 0.122. The van der Waals surface area contributed by atoms with E-state index in [1.165, 1.54) is 4.68 Å². The number of aromatic nitrogens is 4. The van der Waals surface area contributed by atoms with Gasteiger partial charge in [-0.2, -0.15) is 10.2 Å². The minimum Gasteiger partial charge on any atom is -0.480 e. The second kappa shape index (κ2) is 4.87. The molecule has 0 aliphatic heterocycles. The first-order valence-electron chi connectivity index (χ1n) is 6.20. The van der Waals surface area contributed by atoms with Gasteiger partial charge in [0.2, 0.25) is 0 Å². The van der Waals surface area contributed by atoms with E-state index in [1.54, 1.807) is 6.20 Å². The Balaban J connectivity index is 2.42. The zero-order valence-electron chi connectivity index (χ0n) is 11.6. The lowest BCUT2D eigenvalue weighted by molar-refractivity contribution is -0.137. The molecule has 0 amide bonds. The maximum Gasteiger partial charge on any atom is 0.325 e. The van der Waals surface area contributed by atoms with E-state index in [0.717, 1.165) is 22.5 Å². The topological polar surface area (TPSA) is 72.9 Å². The molecule has 0 saturated carbocycles. The molecule has 0 aliphatic carbocycles. The van der Waals surface area contributed by atoms with Crippen LogP contribution in [-0.4, -0.2) is 30.6 Å². The number of carboxylic acid groups (broad SMARTS) is 1. The summed E-state index contributed by atoms with van der Waals surface area (Å²) in [7, 11) is 0. The number of carbonyl (C=O) groups is 1. The molecule has 0 fully saturated rings. The first kappa shape index (κ1) is 13.3. The number of nitrogens with zero attached hydrogens (tertiary/aromatic N) is 4.